The van der Waals surface area contributed by atoms with Gasteiger partial charge in [-0.2, -0.15) is 0 Å². The lowest BCUT2D eigenvalue weighted by atomic mass is 9.92. The van der Waals surface area contributed by atoms with E-state index in [2.05, 4.69) is 4.72 Å². The molecule has 6 N–H and O–H groups in total. The number of fused-ring (bicyclic) bond motifs is 3. The molecule has 0 aliphatic heterocycles. The lowest BCUT2D eigenvalue weighted by Gasteiger charge is -2.25. The molecule has 15 heteroatoms. The number of benzene rings is 2. The van der Waals surface area contributed by atoms with E-state index in [0.717, 1.165) is 34.3 Å². The first-order valence-corrected chi connectivity index (χ1v) is 14.1. The number of aliphatic hydroxyl groups is 1. The summed E-state index contributed by atoms with van der Waals surface area (Å²) in [5.74, 6) is -6.35. The van der Waals surface area contributed by atoms with Crippen molar-refractivity contribution in [3.8, 4) is 0 Å². The van der Waals surface area contributed by atoms with Gasteiger partial charge in [-0.15, -0.1) is 0 Å². The Morgan fingerprint density at radius 2 is 1.52 bits per heavy atom. The molecule has 1 aliphatic carbocycles. The lowest BCUT2D eigenvalue weighted by molar-refractivity contribution is -0.170. The molecule has 0 amide bonds. The summed E-state index contributed by atoms with van der Waals surface area (Å²) in [6.45, 7) is 0.386. The van der Waals surface area contributed by atoms with E-state index in [-0.39, 0.29) is 17.4 Å². The van der Waals surface area contributed by atoms with Gasteiger partial charge in [-0.05, 0) is 55.2 Å². The quantitative estimate of drug-likeness (QED) is 0.184. The van der Waals surface area contributed by atoms with Crippen molar-refractivity contribution in [3.63, 3.8) is 0 Å². The number of carboxylic acid groups (broad SMARTS) is 4. The first-order chi connectivity index (χ1) is 19.6. The Balaban J connectivity index is 0.000000316. The number of aryl methyl sites for hydroxylation is 1. The summed E-state index contributed by atoms with van der Waals surface area (Å²) in [6, 6.07) is 12.3. The van der Waals surface area contributed by atoms with Crippen LogP contribution in [0.15, 0.2) is 53.4 Å². The molecule has 0 fully saturated rings. The van der Waals surface area contributed by atoms with Crippen molar-refractivity contribution >= 4 is 44.8 Å². The molecule has 0 bridgehead atoms. The van der Waals surface area contributed by atoms with Crippen LogP contribution in [0.2, 0.25) is 0 Å². The van der Waals surface area contributed by atoms with Gasteiger partial charge in [-0.3, -0.25) is 14.4 Å². The third-order valence-electron chi connectivity index (χ3n) is 6.65. The molecule has 1 atom stereocenters. The van der Waals surface area contributed by atoms with Crippen LogP contribution in [0, 0.1) is 5.82 Å². The van der Waals surface area contributed by atoms with Crippen LogP contribution in [0.1, 0.15) is 36.9 Å². The highest BCUT2D eigenvalue weighted by atomic mass is 32.2. The molecule has 0 radical (unpaired) electrons. The van der Waals surface area contributed by atoms with Crippen molar-refractivity contribution in [2.24, 2.45) is 0 Å². The molecule has 226 valence electrons. The number of rotatable bonds is 11. The van der Waals surface area contributed by atoms with Crippen LogP contribution in [0.5, 0.6) is 0 Å². The van der Waals surface area contributed by atoms with E-state index in [1.807, 2.05) is 28.8 Å². The second-order valence-corrected chi connectivity index (χ2v) is 11.4. The fourth-order valence-electron chi connectivity index (χ4n) is 4.78. The van der Waals surface area contributed by atoms with Crippen LogP contribution in [0.3, 0.4) is 0 Å². The summed E-state index contributed by atoms with van der Waals surface area (Å²) in [5, 5.41) is 43.9. The molecule has 0 unspecified atom stereocenters. The minimum absolute atomic E-state index is 0.0335. The Morgan fingerprint density at radius 1 is 0.929 bits per heavy atom. The molecule has 1 heterocycles. The number of halogens is 1. The smallest absolute Gasteiger partial charge is 0.336 e. The van der Waals surface area contributed by atoms with Crippen LogP contribution < -0.4 is 4.72 Å². The van der Waals surface area contributed by atoms with E-state index >= 15 is 0 Å². The predicted molar refractivity (Wildman–Crippen MR) is 144 cm³/mol. The van der Waals surface area contributed by atoms with E-state index in [4.69, 9.17) is 25.5 Å². The molecule has 0 saturated carbocycles. The number of carbonyl (C=O) groups is 4. The zero-order valence-electron chi connectivity index (χ0n) is 22.1. The number of aromatic nitrogens is 1. The number of hydrogen-bond donors (Lipinski definition) is 6. The highest BCUT2D eigenvalue weighted by Crippen LogP contribution is 2.33. The fraction of sp³-hybridized carbons (Fsp3) is 0.333. The van der Waals surface area contributed by atoms with Crippen molar-refractivity contribution in [1.29, 1.82) is 0 Å². The summed E-state index contributed by atoms with van der Waals surface area (Å²) in [4.78, 5) is 41.6. The van der Waals surface area contributed by atoms with Gasteiger partial charge in [0.25, 0.3) is 0 Å². The molecule has 2 aromatic carbocycles. The van der Waals surface area contributed by atoms with Crippen LogP contribution in [-0.4, -0.2) is 74.0 Å². The van der Waals surface area contributed by atoms with Crippen molar-refractivity contribution < 1.29 is 57.5 Å². The molecular formula is C27H29FN2O11S. The van der Waals surface area contributed by atoms with Gasteiger partial charge in [0.1, 0.15) is 5.82 Å². The maximum Gasteiger partial charge on any atom is 0.336 e. The standard InChI is InChI=1S/C21H21FN2O4S.C6H8O7/c22-14-5-8-16(9-6-14)29(27,28)23-15-7-10-20-18(13-15)17-3-1-2-4-19(17)24(20)12-11-21(25)26;7-3(8)1-6(13,5(11)12)2-4(9)10/h1-6,8-9,15,23H,7,10-13H2,(H,25,26);13H,1-2H2,(H,7,8)(H,9,10)(H,11,12)/t15-;/m1./s1. The highest BCUT2D eigenvalue weighted by molar-refractivity contribution is 7.89. The molecule has 1 aromatic heterocycles. The Morgan fingerprint density at radius 3 is 2.07 bits per heavy atom. The zero-order chi connectivity index (χ0) is 31.2. The molecule has 0 spiro atoms. The lowest BCUT2D eigenvalue weighted by Crippen LogP contribution is -2.42. The van der Waals surface area contributed by atoms with E-state index < -0.39 is 58.2 Å². The van der Waals surface area contributed by atoms with Gasteiger partial charge in [0.15, 0.2) is 5.60 Å². The van der Waals surface area contributed by atoms with Crippen LogP contribution >= 0.6 is 0 Å². The average Bonchev–Trinajstić information content (AvgIpc) is 3.19. The minimum atomic E-state index is -3.75. The molecule has 0 saturated heterocycles. The van der Waals surface area contributed by atoms with Gasteiger partial charge in [0, 0.05) is 29.2 Å². The number of hydrogen-bond acceptors (Lipinski definition) is 7. The van der Waals surface area contributed by atoms with Crippen LogP contribution in [-0.2, 0) is 48.6 Å². The molecule has 1 aliphatic rings. The van der Waals surface area contributed by atoms with Crippen LogP contribution in [0.25, 0.3) is 10.9 Å². The normalized spacial score (nSPS) is 14.9. The number of nitrogens with one attached hydrogen (secondary N) is 1. The van der Waals surface area contributed by atoms with E-state index in [1.165, 1.54) is 12.1 Å². The molecule has 13 nitrogen and oxygen atoms in total. The number of para-hydroxylation sites is 1. The number of nitrogens with zero attached hydrogens (tertiary/aromatic N) is 1. The van der Waals surface area contributed by atoms with Gasteiger partial charge in [0.05, 0.1) is 24.2 Å². The van der Waals surface area contributed by atoms with Crippen molar-refractivity contribution in [1.82, 2.24) is 9.29 Å². The SMILES string of the molecule is O=C(O)CC(O)(CC(=O)O)C(=O)O.O=C(O)CCn1c2c(c3ccccc31)C[C@H](NS(=O)(=O)c1ccc(F)cc1)CC2. The van der Waals surface area contributed by atoms with Gasteiger partial charge < -0.3 is 30.1 Å². The Bertz CT molecular complexity index is 1580. The predicted octanol–water partition coefficient (Wildman–Crippen LogP) is 1.84. The van der Waals surface area contributed by atoms with E-state index in [0.29, 0.717) is 25.8 Å². The topological polar surface area (TPSA) is 221 Å². The van der Waals surface area contributed by atoms with Crippen molar-refractivity contribution in [3.05, 3.63) is 65.6 Å². The minimum Gasteiger partial charge on any atom is -0.481 e. The first kappa shape index (κ1) is 32.2. The summed E-state index contributed by atoms with van der Waals surface area (Å²) in [5.41, 5.74) is 0.368. The van der Waals surface area contributed by atoms with Crippen molar-refractivity contribution in [2.75, 3.05) is 0 Å². The second kappa shape index (κ2) is 13.1. The number of aliphatic carboxylic acids is 4. The maximum absolute atomic E-state index is 13.1. The Hall–Kier alpha value is -4.34. The zero-order valence-corrected chi connectivity index (χ0v) is 22.9. The summed E-state index contributed by atoms with van der Waals surface area (Å²) < 4.78 is 43.2. The largest absolute Gasteiger partial charge is 0.481 e. The molecule has 4 rings (SSSR count). The highest BCUT2D eigenvalue weighted by Gasteiger charge is 2.40. The Kier molecular flexibility index (Phi) is 10.0. The number of carboxylic acids is 4. The second-order valence-electron chi connectivity index (χ2n) is 9.73. The number of sulfonamides is 1. The van der Waals surface area contributed by atoms with Gasteiger partial charge >= 0.3 is 23.9 Å². The summed E-state index contributed by atoms with van der Waals surface area (Å²) in [6.07, 6.45) is -0.470. The third kappa shape index (κ3) is 7.90. The molecule has 3 aromatic rings. The van der Waals surface area contributed by atoms with Crippen LogP contribution in [0.4, 0.5) is 4.39 Å². The monoisotopic (exact) mass is 608 g/mol. The van der Waals surface area contributed by atoms with Gasteiger partial charge in [-0.1, -0.05) is 18.2 Å². The summed E-state index contributed by atoms with van der Waals surface area (Å²) >= 11 is 0. The fourth-order valence-corrected chi connectivity index (χ4v) is 6.05. The molecular weight excluding hydrogens is 579 g/mol. The Labute approximate surface area is 238 Å². The average molecular weight is 609 g/mol. The van der Waals surface area contributed by atoms with Crippen molar-refractivity contribution in [2.45, 2.75) is 61.6 Å². The van der Waals surface area contributed by atoms with E-state index in [1.54, 1.807) is 0 Å². The van der Waals surface area contributed by atoms with Gasteiger partial charge in [0.2, 0.25) is 10.0 Å². The van der Waals surface area contributed by atoms with Gasteiger partial charge in [-0.25, -0.2) is 22.3 Å². The molecule has 42 heavy (non-hydrogen) atoms. The first-order valence-electron chi connectivity index (χ1n) is 12.6. The summed E-state index contributed by atoms with van der Waals surface area (Å²) in [7, 11) is -3.75. The maximum atomic E-state index is 13.1. The third-order valence-corrected chi connectivity index (χ3v) is 8.19. The van der Waals surface area contributed by atoms with E-state index in [9.17, 15) is 32.0 Å².